The van der Waals surface area contributed by atoms with Gasteiger partial charge in [0.25, 0.3) is 6.71 Å². The Hall–Kier alpha value is -4.24. The van der Waals surface area contributed by atoms with Crippen molar-refractivity contribution in [3.63, 3.8) is 0 Å². The van der Waals surface area contributed by atoms with Crippen LogP contribution < -0.4 is 26.2 Å². The standard InChI is InChI=1S/C39H35BN2/c1-26-20-37-39-38(21-26)42(32-18-6-3-7-19-32)36-25-30-15-11-9-13-28(30)23-34(36)40(39)33-22-27-12-8-10-14-29(27)24-35(33)41(37)31-16-4-2-5-17-31/h2-7,16-25H,8-15H2,1H3. The predicted molar refractivity (Wildman–Crippen MR) is 178 cm³/mol. The van der Waals surface area contributed by atoms with E-state index in [-0.39, 0.29) is 6.71 Å². The van der Waals surface area contributed by atoms with E-state index in [9.17, 15) is 0 Å². The van der Waals surface area contributed by atoms with E-state index in [2.05, 4.69) is 114 Å². The molecule has 2 aliphatic heterocycles. The predicted octanol–water partition coefficient (Wildman–Crippen LogP) is 7.84. The smallest absolute Gasteiger partial charge is 0.252 e. The molecule has 9 rings (SSSR count). The average Bonchev–Trinajstić information content (AvgIpc) is 3.03. The van der Waals surface area contributed by atoms with Gasteiger partial charge in [-0.05, 0) is 151 Å². The summed E-state index contributed by atoms with van der Waals surface area (Å²) in [5.74, 6) is 0. The number of rotatable bonds is 2. The first-order chi connectivity index (χ1) is 20.7. The summed E-state index contributed by atoms with van der Waals surface area (Å²) in [6, 6.07) is 37.3. The van der Waals surface area contributed by atoms with Crippen LogP contribution in [-0.4, -0.2) is 6.71 Å². The highest BCUT2D eigenvalue weighted by atomic mass is 15.2. The Morgan fingerprint density at radius 1 is 0.476 bits per heavy atom. The van der Waals surface area contributed by atoms with E-state index in [1.807, 2.05) is 0 Å². The first-order valence-electron chi connectivity index (χ1n) is 15.9. The highest BCUT2D eigenvalue weighted by Crippen LogP contribution is 2.45. The van der Waals surface area contributed by atoms with Gasteiger partial charge >= 0.3 is 0 Å². The normalized spacial score (nSPS) is 16.3. The Balaban J connectivity index is 1.40. The number of aryl methyl sites for hydroxylation is 5. The molecule has 204 valence electrons. The first-order valence-corrected chi connectivity index (χ1v) is 15.9. The second kappa shape index (κ2) is 9.39. The molecule has 0 spiro atoms. The van der Waals surface area contributed by atoms with Gasteiger partial charge in [0, 0.05) is 34.1 Å². The summed E-state index contributed by atoms with van der Waals surface area (Å²) in [7, 11) is 0. The molecule has 0 amide bonds. The molecule has 2 nitrogen and oxygen atoms in total. The summed E-state index contributed by atoms with van der Waals surface area (Å²) in [4.78, 5) is 5.14. The van der Waals surface area contributed by atoms with Gasteiger partial charge in [-0.1, -0.05) is 48.5 Å². The third kappa shape index (κ3) is 3.59. The molecule has 2 heterocycles. The van der Waals surface area contributed by atoms with E-state index in [1.165, 1.54) is 107 Å². The Bertz CT molecular complexity index is 1730. The number of para-hydroxylation sites is 2. The van der Waals surface area contributed by atoms with Crippen LogP contribution >= 0.6 is 0 Å². The van der Waals surface area contributed by atoms with Crippen LogP contribution in [-0.2, 0) is 25.7 Å². The van der Waals surface area contributed by atoms with Crippen LogP contribution in [0.15, 0.2) is 97.1 Å². The van der Waals surface area contributed by atoms with Crippen molar-refractivity contribution in [2.75, 3.05) is 9.80 Å². The minimum Gasteiger partial charge on any atom is -0.311 e. The molecular weight excluding hydrogens is 507 g/mol. The lowest BCUT2D eigenvalue weighted by molar-refractivity contribution is 0.686. The number of hydrogen-bond acceptors (Lipinski definition) is 2. The maximum Gasteiger partial charge on any atom is 0.252 e. The second-order valence-electron chi connectivity index (χ2n) is 12.8. The molecule has 5 aromatic carbocycles. The number of benzene rings is 5. The Kier molecular flexibility index (Phi) is 5.45. The zero-order chi connectivity index (χ0) is 27.8. The van der Waals surface area contributed by atoms with Crippen LogP contribution in [0, 0.1) is 6.92 Å². The van der Waals surface area contributed by atoms with Crippen molar-refractivity contribution in [1.29, 1.82) is 0 Å². The van der Waals surface area contributed by atoms with Crippen LogP contribution in [0.25, 0.3) is 0 Å². The quantitative estimate of drug-likeness (QED) is 0.206. The first kappa shape index (κ1) is 24.4. The van der Waals surface area contributed by atoms with Gasteiger partial charge in [-0.3, -0.25) is 0 Å². The molecule has 42 heavy (non-hydrogen) atoms. The van der Waals surface area contributed by atoms with Gasteiger partial charge in [0.2, 0.25) is 0 Å². The van der Waals surface area contributed by atoms with E-state index in [0.29, 0.717) is 0 Å². The fourth-order valence-electron chi connectivity index (χ4n) is 8.31. The van der Waals surface area contributed by atoms with E-state index in [4.69, 9.17) is 0 Å². The number of fused-ring (bicyclic) bond motifs is 6. The minimum absolute atomic E-state index is 0.222. The zero-order valence-electron chi connectivity index (χ0n) is 24.4. The number of hydrogen-bond donors (Lipinski definition) is 0. The van der Waals surface area contributed by atoms with Crippen molar-refractivity contribution in [2.45, 2.75) is 58.3 Å². The van der Waals surface area contributed by atoms with Crippen molar-refractivity contribution < 1.29 is 0 Å². The highest BCUT2D eigenvalue weighted by Gasteiger charge is 2.44. The van der Waals surface area contributed by atoms with Crippen molar-refractivity contribution in [1.82, 2.24) is 0 Å². The average molecular weight is 543 g/mol. The molecule has 0 radical (unpaired) electrons. The van der Waals surface area contributed by atoms with E-state index in [0.717, 1.165) is 0 Å². The molecule has 0 saturated carbocycles. The fourth-order valence-corrected chi connectivity index (χ4v) is 8.31. The summed E-state index contributed by atoms with van der Waals surface area (Å²) in [5, 5.41) is 0. The van der Waals surface area contributed by atoms with Gasteiger partial charge in [-0.15, -0.1) is 0 Å². The minimum atomic E-state index is 0.222. The van der Waals surface area contributed by atoms with Gasteiger partial charge in [0.15, 0.2) is 0 Å². The van der Waals surface area contributed by atoms with Crippen LogP contribution in [0.2, 0.25) is 0 Å². The monoisotopic (exact) mass is 542 g/mol. The third-order valence-electron chi connectivity index (χ3n) is 10.2. The summed E-state index contributed by atoms with van der Waals surface area (Å²) in [6.07, 6.45) is 9.95. The Morgan fingerprint density at radius 2 is 0.881 bits per heavy atom. The molecular formula is C39H35BN2. The largest absolute Gasteiger partial charge is 0.311 e. The molecule has 0 bridgehead atoms. The van der Waals surface area contributed by atoms with Crippen LogP contribution in [0.3, 0.4) is 0 Å². The van der Waals surface area contributed by atoms with E-state index >= 15 is 0 Å². The lowest BCUT2D eigenvalue weighted by Crippen LogP contribution is -2.61. The fraction of sp³-hybridized carbons (Fsp3) is 0.231. The Morgan fingerprint density at radius 3 is 1.31 bits per heavy atom. The zero-order valence-corrected chi connectivity index (χ0v) is 24.4. The summed E-state index contributed by atoms with van der Waals surface area (Å²) < 4.78 is 0. The van der Waals surface area contributed by atoms with Crippen LogP contribution in [0.1, 0.15) is 53.5 Å². The van der Waals surface area contributed by atoms with Crippen molar-refractivity contribution in [3.8, 4) is 0 Å². The summed E-state index contributed by atoms with van der Waals surface area (Å²) in [6.45, 7) is 2.49. The third-order valence-corrected chi connectivity index (χ3v) is 10.2. The number of anilines is 6. The lowest BCUT2D eigenvalue weighted by Gasteiger charge is -2.45. The molecule has 0 unspecified atom stereocenters. The SMILES string of the molecule is Cc1cc2c3c(c1)N(c1ccccc1)c1cc4c(cc1B3c1cc3c(cc1N2c1ccccc1)CCCC3)CCCC4. The lowest BCUT2D eigenvalue weighted by atomic mass is 9.33. The molecule has 5 aromatic rings. The second-order valence-corrected chi connectivity index (χ2v) is 12.8. The van der Waals surface area contributed by atoms with Gasteiger partial charge in [0.05, 0.1) is 0 Å². The molecule has 0 aromatic heterocycles. The molecule has 4 aliphatic rings. The van der Waals surface area contributed by atoms with Gasteiger partial charge in [-0.25, -0.2) is 0 Å². The maximum atomic E-state index is 2.61. The van der Waals surface area contributed by atoms with Crippen LogP contribution in [0.5, 0.6) is 0 Å². The van der Waals surface area contributed by atoms with Gasteiger partial charge in [-0.2, -0.15) is 0 Å². The molecule has 0 fully saturated rings. The molecule has 0 N–H and O–H groups in total. The Labute approximate surface area is 249 Å². The molecule has 0 saturated heterocycles. The maximum absolute atomic E-state index is 2.61. The number of nitrogens with zero attached hydrogens (tertiary/aromatic N) is 2. The summed E-state index contributed by atoms with van der Waals surface area (Å²) >= 11 is 0. The van der Waals surface area contributed by atoms with E-state index < -0.39 is 0 Å². The van der Waals surface area contributed by atoms with Crippen molar-refractivity contribution in [2.24, 2.45) is 0 Å². The highest BCUT2D eigenvalue weighted by molar-refractivity contribution is 7.00. The topological polar surface area (TPSA) is 6.48 Å². The van der Waals surface area contributed by atoms with Crippen molar-refractivity contribution in [3.05, 3.63) is 125 Å². The van der Waals surface area contributed by atoms with Crippen molar-refractivity contribution >= 4 is 57.2 Å². The molecule has 0 atom stereocenters. The summed E-state index contributed by atoms with van der Waals surface area (Å²) in [5.41, 5.74) is 19.8. The van der Waals surface area contributed by atoms with Crippen LogP contribution in [0.4, 0.5) is 34.1 Å². The van der Waals surface area contributed by atoms with Gasteiger partial charge in [0.1, 0.15) is 0 Å². The van der Waals surface area contributed by atoms with Gasteiger partial charge < -0.3 is 9.80 Å². The van der Waals surface area contributed by atoms with E-state index in [1.54, 1.807) is 22.3 Å². The molecule has 2 aliphatic carbocycles. The molecule has 3 heteroatoms.